The standard InChI is InChI=1S/C25H39F9O6/c1-8-20(5,6)21(7,15-19(2,3)4)18(37)40-14-13-39-17(36)10-9-16(35)38-12-11-22(26,27)23(28,29)24(30,31)25(32,33)34/h16,35H,8-15H2,1-7H3. The van der Waals surface area contributed by atoms with E-state index in [1.165, 1.54) is 0 Å². The van der Waals surface area contributed by atoms with Crippen LogP contribution in [0.15, 0.2) is 0 Å². The van der Waals surface area contributed by atoms with Crippen LogP contribution in [-0.4, -0.2) is 67.1 Å². The molecule has 0 saturated heterocycles. The predicted octanol–water partition coefficient (Wildman–Crippen LogP) is 6.93. The van der Waals surface area contributed by atoms with Gasteiger partial charge in [0.05, 0.1) is 18.4 Å². The summed E-state index contributed by atoms with van der Waals surface area (Å²) >= 11 is 0. The van der Waals surface area contributed by atoms with Crippen LogP contribution in [0, 0.1) is 16.2 Å². The molecule has 2 atom stereocenters. The van der Waals surface area contributed by atoms with Gasteiger partial charge in [-0.05, 0) is 30.6 Å². The van der Waals surface area contributed by atoms with E-state index in [0.717, 1.165) is 0 Å². The average molecular weight is 607 g/mol. The van der Waals surface area contributed by atoms with Crippen LogP contribution in [-0.2, 0) is 23.8 Å². The first-order valence-corrected chi connectivity index (χ1v) is 12.5. The lowest BCUT2D eigenvalue weighted by molar-refractivity contribution is -0.397. The number of carbonyl (C=O) groups is 2. The second-order valence-electron chi connectivity index (χ2n) is 11.6. The number of alkyl halides is 9. The van der Waals surface area contributed by atoms with Crippen molar-refractivity contribution in [1.82, 2.24) is 0 Å². The lowest BCUT2D eigenvalue weighted by Gasteiger charge is -2.45. The van der Waals surface area contributed by atoms with E-state index >= 15 is 0 Å². The highest BCUT2D eigenvalue weighted by molar-refractivity contribution is 5.77. The Bertz CT molecular complexity index is 838. The summed E-state index contributed by atoms with van der Waals surface area (Å²) in [6, 6.07) is 0. The van der Waals surface area contributed by atoms with Crippen molar-refractivity contribution in [3.63, 3.8) is 0 Å². The molecule has 0 radical (unpaired) electrons. The lowest BCUT2D eigenvalue weighted by Crippen LogP contribution is -2.61. The van der Waals surface area contributed by atoms with Gasteiger partial charge in [-0.3, -0.25) is 9.59 Å². The predicted molar refractivity (Wildman–Crippen MR) is 125 cm³/mol. The third-order valence-electron chi connectivity index (χ3n) is 6.82. The Morgan fingerprint density at radius 1 is 0.775 bits per heavy atom. The van der Waals surface area contributed by atoms with E-state index in [4.69, 9.17) is 9.47 Å². The van der Waals surface area contributed by atoms with Gasteiger partial charge in [0.15, 0.2) is 6.29 Å². The zero-order valence-electron chi connectivity index (χ0n) is 23.6. The van der Waals surface area contributed by atoms with E-state index in [1.807, 2.05) is 41.5 Å². The van der Waals surface area contributed by atoms with Gasteiger partial charge in [-0.2, -0.15) is 39.5 Å². The molecule has 238 valence electrons. The van der Waals surface area contributed by atoms with Gasteiger partial charge in [0.1, 0.15) is 13.2 Å². The molecule has 0 rings (SSSR count). The second kappa shape index (κ2) is 13.5. The van der Waals surface area contributed by atoms with Crippen molar-refractivity contribution in [2.24, 2.45) is 16.2 Å². The van der Waals surface area contributed by atoms with Crippen molar-refractivity contribution < 1.29 is 68.4 Å². The highest BCUT2D eigenvalue weighted by Gasteiger charge is 2.81. The average Bonchev–Trinajstić information content (AvgIpc) is 2.77. The maximum Gasteiger partial charge on any atom is 0.460 e. The monoisotopic (exact) mass is 606 g/mol. The summed E-state index contributed by atoms with van der Waals surface area (Å²) in [7, 11) is 0. The number of aliphatic hydroxyl groups excluding tert-OH is 1. The Hall–Kier alpha value is -1.77. The van der Waals surface area contributed by atoms with Crippen LogP contribution >= 0.6 is 0 Å². The van der Waals surface area contributed by atoms with Crippen molar-refractivity contribution >= 4 is 11.9 Å². The number of hydrogen-bond donors (Lipinski definition) is 1. The number of esters is 2. The fourth-order valence-electron chi connectivity index (χ4n) is 3.77. The molecular formula is C25H39F9O6. The highest BCUT2D eigenvalue weighted by atomic mass is 19.4. The number of ether oxygens (including phenoxy) is 3. The van der Waals surface area contributed by atoms with Gasteiger partial charge >= 0.3 is 35.9 Å². The van der Waals surface area contributed by atoms with Crippen LogP contribution in [0.2, 0.25) is 0 Å². The largest absolute Gasteiger partial charge is 0.462 e. The SMILES string of the molecule is CCC(C)(C)C(C)(CC(C)(C)C)C(=O)OCCOC(=O)CCC(O)OCCC(F)(F)C(F)(F)C(F)(F)C(F)(F)F. The van der Waals surface area contributed by atoms with Gasteiger partial charge < -0.3 is 19.3 Å². The molecule has 0 fully saturated rings. The third kappa shape index (κ3) is 9.66. The Balaban J connectivity index is 4.68. The molecule has 0 aromatic heterocycles. The van der Waals surface area contributed by atoms with Gasteiger partial charge in [0, 0.05) is 12.8 Å². The Kier molecular flexibility index (Phi) is 12.9. The minimum Gasteiger partial charge on any atom is -0.462 e. The van der Waals surface area contributed by atoms with Gasteiger partial charge in [0.2, 0.25) is 0 Å². The van der Waals surface area contributed by atoms with Crippen molar-refractivity contribution in [3.8, 4) is 0 Å². The first-order chi connectivity index (χ1) is 17.7. The number of hydrogen-bond acceptors (Lipinski definition) is 6. The van der Waals surface area contributed by atoms with E-state index in [9.17, 15) is 54.2 Å². The summed E-state index contributed by atoms with van der Waals surface area (Å²) < 4.78 is 130. The van der Waals surface area contributed by atoms with Crippen LogP contribution in [0.25, 0.3) is 0 Å². The molecule has 0 heterocycles. The van der Waals surface area contributed by atoms with E-state index in [0.29, 0.717) is 12.8 Å². The van der Waals surface area contributed by atoms with Crippen molar-refractivity contribution in [3.05, 3.63) is 0 Å². The molecule has 1 N–H and O–H groups in total. The zero-order valence-corrected chi connectivity index (χ0v) is 23.6. The topological polar surface area (TPSA) is 82.1 Å². The molecule has 0 aliphatic carbocycles. The van der Waals surface area contributed by atoms with Crippen LogP contribution < -0.4 is 0 Å². The maximum atomic E-state index is 13.5. The molecule has 0 saturated carbocycles. The molecule has 0 aliphatic rings. The fraction of sp³-hybridized carbons (Fsp3) is 0.920. The van der Waals surface area contributed by atoms with Crippen LogP contribution in [0.4, 0.5) is 39.5 Å². The van der Waals surface area contributed by atoms with Crippen LogP contribution in [0.1, 0.15) is 80.6 Å². The summed E-state index contributed by atoms with van der Waals surface area (Å²) in [4.78, 5) is 24.7. The van der Waals surface area contributed by atoms with Gasteiger partial charge in [0.25, 0.3) is 0 Å². The smallest absolute Gasteiger partial charge is 0.460 e. The number of halogens is 9. The number of carbonyl (C=O) groups excluding carboxylic acids is 2. The molecule has 6 nitrogen and oxygen atoms in total. The van der Waals surface area contributed by atoms with Crippen molar-refractivity contribution in [2.75, 3.05) is 19.8 Å². The summed E-state index contributed by atoms with van der Waals surface area (Å²) in [5, 5.41) is 9.55. The molecular weight excluding hydrogens is 567 g/mol. The van der Waals surface area contributed by atoms with E-state index in [2.05, 4.69) is 4.74 Å². The minimum atomic E-state index is -7.02. The quantitative estimate of drug-likeness (QED) is 0.0889. The Morgan fingerprint density at radius 3 is 1.73 bits per heavy atom. The van der Waals surface area contributed by atoms with E-state index in [-0.39, 0.29) is 18.6 Å². The third-order valence-corrected chi connectivity index (χ3v) is 6.82. The molecule has 0 aliphatic heterocycles. The van der Waals surface area contributed by atoms with Gasteiger partial charge in [-0.25, -0.2) is 0 Å². The molecule has 15 heteroatoms. The van der Waals surface area contributed by atoms with Crippen molar-refractivity contribution in [1.29, 1.82) is 0 Å². The molecule has 0 aromatic carbocycles. The van der Waals surface area contributed by atoms with Crippen LogP contribution in [0.3, 0.4) is 0 Å². The van der Waals surface area contributed by atoms with Crippen LogP contribution in [0.5, 0.6) is 0 Å². The summed E-state index contributed by atoms with van der Waals surface area (Å²) in [5.74, 6) is -21.1. The molecule has 0 bridgehead atoms. The number of rotatable bonds is 16. The normalized spacial score (nSPS) is 16.3. The van der Waals surface area contributed by atoms with E-state index in [1.54, 1.807) is 6.92 Å². The maximum absolute atomic E-state index is 13.5. The molecule has 0 spiro atoms. The summed E-state index contributed by atoms with van der Waals surface area (Å²) in [5.41, 5.74) is -1.46. The molecule has 40 heavy (non-hydrogen) atoms. The molecule has 0 aromatic rings. The van der Waals surface area contributed by atoms with E-state index < -0.39 is 78.9 Å². The Labute approximate surface area is 227 Å². The summed E-state index contributed by atoms with van der Waals surface area (Å²) in [6.07, 6.45) is -11.2. The van der Waals surface area contributed by atoms with Gasteiger partial charge in [-0.15, -0.1) is 0 Å². The number of aliphatic hydroxyl groups is 1. The molecule has 0 amide bonds. The highest BCUT2D eigenvalue weighted by Crippen LogP contribution is 2.54. The molecule has 2 unspecified atom stereocenters. The lowest BCUT2D eigenvalue weighted by atomic mass is 9.59. The summed E-state index contributed by atoms with van der Waals surface area (Å²) in [6.45, 7) is 11.4. The minimum absolute atomic E-state index is 0.194. The zero-order chi connectivity index (χ0) is 32.0. The first kappa shape index (κ1) is 38.2. The van der Waals surface area contributed by atoms with Gasteiger partial charge in [-0.1, -0.05) is 41.5 Å². The fourth-order valence-corrected chi connectivity index (χ4v) is 3.77. The second-order valence-corrected chi connectivity index (χ2v) is 11.6. The van der Waals surface area contributed by atoms with Crippen molar-refractivity contribution in [2.45, 2.75) is 111 Å². The Morgan fingerprint density at radius 2 is 1.27 bits per heavy atom. The first-order valence-electron chi connectivity index (χ1n) is 12.5.